The predicted molar refractivity (Wildman–Crippen MR) is 82.4 cm³/mol. The van der Waals surface area contributed by atoms with E-state index in [1.807, 2.05) is 42.3 Å². The van der Waals surface area contributed by atoms with Gasteiger partial charge < -0.3 is 5.11 Å². The fourth-order valence-electron chi connectivity index (χ4n) is 3.20. The Morgan fingerprint density at radius 3 is 2.91 bits per heavy atom. The van der Waals surface area contributed by atoms with E-state index in [1.54, 1.807) is 12.4 Å². The maximum Gasteiger partial charge on any atom is 0.320 e. The summed E-state index contributed by atoms with van der Waals surface area (Å²) in [6.45, 7) is 2.77. The van der Waals surface area contributed by atoms with E-state index in [-0.39, 0.29) is 6.04 Å². The number of nitrogens with zero attached hydrogens (tertiary/aromatic N) is 3. The molecule has 1 aliphatic rings. The highest BCUT2D eigenvalue weighted by Crippen LogP contribution is 2.35. The van der Waals surface area contributed by atoms with Crippen molar-refractivity contribution in [2.75, 3.05) is 6.54 Å². The van der Waals surface area contributed by atoms with Crippen LogP contribution in [0.2, 0.25) is 0 Å². The van der Waals surface area contributed by atoms with Gasteiger partial charge in [-0.05, 0) is 49.1 Å². The average Bonchev–Trinajstić information content (AvgIpc) is 3.00. The lowest BCUT2D eigenvalue weighted by Gasteiger charge is -2.31. The van der Waals surface area contributed by atoms with Gasteiger partial charge in [0.05, 0.1) is 11.7 Å². The minimum absolute atomic E-state index is 0.146. The number of pyridine rings is 2. The largest absolute Gasteiger partial charge is 0.480 e. The summed E-state index contributed by atoms with van der Waals surface area (Å²) < 4.78 is 0. The van der Waals surface area contributed by atoms with Gasteiger partial charge in [0, 0.05) is 25.1 Å². The second kappa shape index (κ2) is 6.23. The number of aromatic nitrogens is 2. The molecule has 2 unspecified atom stereocenters. The van der Waals surface area contributed by atoms with E-state index in [0.717, 1.165) is 29.8 Å². The van der Waals surface area contributed by atoms with Crippen LogP contribution in [0.1, 0.15) is 35.7 Å². The van der Waals surface area contributed by atoms with Gasteiger partial charge in [0.2, 0.25) is 0 Å². The van der Waals surface area contributed by atoms with E-state index in [0.29, 0.717) is 6.42 Å². The highest BCUT2D eigenvalue weighted by Gasteiger charge is 2.37. The summed E-state index contributed by atoms with van der Waals surface area (Å²) in [6, 6.07) is 7.14. The molecule has 0 aliphatic carbocycles. The molecule has 1 aliphatic heterocycles. The van der Waals surface area contributed by atoms with Crippen molar-refractivity contribution >= 4 is 5.97 Å². The summed E-state index contributed by atoms with van der Waals surface area (Å²) in [4.78, 5) is 22.3. The highest BCUT2D eigenvalue weighted by atomic mass is 16.4. The normalized spacial score (nSPS) is 20.0. The van der Waals surface area contributed by atoms with Crippen LogP contribution in [0.5, 0.6) is 0 Å². The van der Waals surface area contributed by atoms with Gasteiger partial charge in [0.25, 0.3) is 0 Å². The molecular weight excluding hydrogens is 278 g/mol. The van der Waals surface area contributed by atoms with Crippen molar-refractivity contribution in [3.05, 3.63) is 59.7 Å². The summed E-state index contributed by atoms with van der Waals surface area (Å²) in [5.41, 5.74) is 3.00. The molecule has 2 aromatic heterocycles. The van der Waals surface area contributed by atoms with Crippen LogP contribution in [0, 0.1) is 6.92 Å². The summed E-state index contributed by atoms with van der Waals surface area (Å²) in [5, 5.41) is 9.52. The topological polar surface area (TPSA) is 66.3 Å². The standard InChI is InChI=1S/C17H19N3O2/c1-12-11-18-9-7-13(12)16(14-5-2-3-8-19-14)20-10-4-6-15(20)17(21)22/h2-3,5,7-9,11,15-16H,4,6,10H2,1H3,(H,21,22). The quantitative estimate of drug-likeness (QED) is 0.939. The number of carboxylic acid groups (broad SMARTS) is 1. The second-order valence-electron chi connectivity index (χ2n) is 5.62. The van der Waals surface area contributed by atoms with Gasteiger partial charge in [0.15, 0.2) is 0 Å². The summed E-state index contributed by atoms with van der Waals surface area (Å²) in [5.74, 6) is -0.759. The molecule has 3 heterocycles. The zero-order chi connectivity index (χ0) is 15.5. The number of carboxylic acids is 1. The first-order valence-corrected chi connectivity index (χ1v) is 7.48. The lowest BCUT2D eigenvalue weighted by molar-refractivity contribution is -0.142. The smallest absolute Gasteiger partial charge is 0.320 e. The number of carbonyl (C=O) groups is 1. The summed E-state index contributed by atoms with van der Waals surface area (Å²) >= 11 is 0. The Morgan fingerprint density at radius 2 is 2.23 bits per heavy atom. The molecule has 1 saturated heterocycles. The zero-order valence-electron chi connectivity index (χ0n) is 12.5. The Morgan fingerprint density at radius 1 is 1.36 bits per heavy atom. The second-order valence-corrected chi connectivity index (χ2v) is 5.62. The van der Waals surface area contributed by atoms with E-state index in [1.165, 1.54) is 0 Å². The predicted octanol–water partition coefficient (Wildman–Crippen LogP) is 2.42. The van der Waals surface area contributed by atoms with E-state index in [9.17, 15) is 9.90 Å². The molecule has 0 saturated carbocycles. The minimum Gasteiger partial charge on any atom is -0.480 e. The molecule has 0 amide bonds. The zero-order valence-corrected chi connectivity index (χ0v) is 12.5. The molecule has 3 rings (SSSR count). The number of hydrogen-bond donors (Lipinski definition) is 1. The van der Waals surface area contributed by atoms with Gasteiger partial charge >= 0.3 is 5.97 Å². The van der Waals surface area contributed by atoms with E-state index >= 15 is 0 Å². The molecule has 5 nitrogen and oxygen atoms in total. The highest BCUT2D eigenvalue weighted by molar-refractivity contribution is 5.74. The fourth-order valence-corrected chi connectivity index (χ4v) is 3.20. The molecule has 1 fully saturated rings. The van der Waals surface area contributed by atoms with Gasteiger partial charge in [-0.2, -0.15) is 0 Å². The van der Waals surface area contributed by atoms with Crippen LogP contribution < -0.4 is 0 Å². The van der Waals surface area contributed by atoms with Crippen molar-refractivity contribution in [2.24, 2.45) is 0 Å². The molecule has 0 aromatic carbocycles. The lowest BCUT2D eigenvalue weighted by Crippen LogP contribution is -2.39. The van der Waals surface area contributed by atoms with Crippen molar-refractivity contribution in [3.8, 4) is 0 Å². The molecule has 1 N–H and O–H groups in total. The molecule has 2 aromatic rings. The van der Waals surface area contributed by atoms with Crippen LogP contribution in [0.25, 0.3) is 0 Å². The van der Waals surface area contributed by atoms with E-state index < -0.39 is 12.0 Å². The van der Waals surface area contributed by atoms with Crippen molar-refractivity contribution in [2.45, 2.75) is 31.8 Å². The lowest BCUT2D eigenvalue weighted by atomic mass is 9.97. The number of aryl methyl sites for hydroxylation is 1. The average molecular weight is 297 g/mol. The van der Waals surface area contributed by atoms with Gasteiger partial charge in [0.1, 0.15) is 6.04 Å². The Labute approximate surface area is 129 Å². The first kappa shape index (κ1) is 14.7. The Hall–Kier alpha value is -2.27. The number of likely N-dealkylation sites (tertiary alicyclic amines) is 1. The van der Waals surface area contributed by atoms with Crippen molar-refractivity contribution < 1.29 is 9.90 Å². The molecule has 0 radical (unpaired) electrons. The SMILES string of the molecule is Cc1cnccc1C(c1ccccn1)N1CCCC1C(=O)O. The third-order valence-corrected chi connectivity index (χ3v) is 4.24. The number of aliphatic carboxylic acids is 1. The first-order valence-electron chi connectivity index (χ1n) is 7.48. The Balaban J connectivity index is 2.08. The molecule has 22 heavy (non-hydrogen) atoms. The number of hydrogen-bond acceptors (Lipinski definition) is 4. The van der Waals surface area contributed by atoms with Gasteiger partial charge in [-0.1, -0.05) is 6.07 Å². The van der Waals surface area contributed by atoms with E-state index in [4.69, 9.17) is 0 Å². The van der Waals surface area contributed by atoms with Crippen LogP contribution in [0.3, 0.4) is 0 Å². The third kappa shape index (κ3) is 2.72. The molecule has 0 bridgehead atoms. The van der Waals surface area contributed by atoms with Crippen molar-refractivity contribution in [1.82, 2.24) is 14.9 Å². The van der Waals surface area contributed by atoms with Crippen LogP contribution in [0.15, 0.2) is 42.9 Å². The molecule has 2 atom stereocenters. The van der Waals surface area contributed by atoms with Gasteiger partial charge in [-0.15, -0.1) is 0 Å². The molecule has 5 heteroatoms. The first-order chi connectivity index (χ1) is 10.7. The van der Waals surface area contributed by atoms with Crippen LogP contribution in [-0.4, -0.2) is 38.5 Å². The van der Waals surface area contributed by atoms with Gasteiger partial charge in [-0.3, -0.25) is 19.7 Å². The van der Waals surface area contributed by atoms with Crippen LogP contribution in [0.4, 0.5) is 0 Å². The summed E-state index contributed by atoms with van der Waals surface area (Å²) in [6.07, 6.45) is 6.90. The molecule has 0 spiro atoms. The maximum atomic E-state index is 11.6. The van der Waals surface area contributed by atoms with Crippen molar-refractivity contribution in [3.63, 3.8) is 0 Å². The third-order valence-electron chi connectivity index (χ3n) is 4.24. The maximum absolute atomic E-state index is 11.6. The fraction of sp³-hybridized carbons (Fsp3) is 0.353. The summed E-state index contributed by atoms with van der Waals surface area (Å²) in [7, 11) is 0. The van der Waals surface area contributed by atoms with Crippen LogP contribution >= 0.6 is 0 Å². The Kier molecular flexibility index (Phi) is 4.15. The monoisotopic (exact) mass is 297 g/mol. The van der Waals surface area contributed by atoms with Crippen LogP contribution in [-0.2, 0) is 4.79 Å². The Bertz CT molecular complexity index is 660. The minimum atomic E-state index is -0.759. The van der Waals surface area contributed by atoms with Gasteiger partial charge in [-0.25, -0.2) is 0 Å². The van der Waals surface area contributed by atoms with E-state index in [2.05, 4.69) is 9.97 Å². The number of rotatable bonds is 4. The molecule has 114 valence electrons. The van der Waals surface area contributed by atoms with Crippen molar-refractivity contribution in [1.29, 1.82) is 0 Å². The molecular formula is C17H19N3O2.